The zero-order chi connectivity index (χ0) is 4.99. The van der Waals surface area contributed by atoms with E-state index >= 15 is 0 Å². The molecule has 31 valence electrons. The third kappa shape index (κ3) is 3.27. The molecule has 2 nitrogen and oxygen atoms in total. The predicted octanol–water partition coefficient (Wildman–Crippen LogP) is 0.512. The summed E-state index contributed by atoms with van der Waals surface area (Å²) in [5, 5.41) is 7.79. The number of carbonyl (C=O) groups is 1. The first-order chi connectivity index (χ1) is 2.77. The van der Waals surface area contributed by atoms with Crippen LogP contribution < -0.4 is 0 Å². The molecule has 0 aliphatic heterocycles. The lowest BCUT2D eigenvalue weighted by Crippen LogP contribution is -1.99. The zero-order valence-electron chi connectivity index (χ0n) is 3.22. The molecule has 0 unspecified atom stereocenters. The molecule has 6 heavy (non-hydrogen) atoms. The van der Waals surface area contributed by atoms with Crippen LogP contribution in [0.25, 0.3) is 0 Å². The highest BCUT2D eigenvalue weighted by Gasteiger charge is 1.88. The van der Waals surface area contributed by atoms with Gasteiger partial charge in [-0.15, -0.1) is 12.6 Å². The Bertz CT molecular complexity index is 69.2. The van der Waals surface area contributed by atoms with Crippen LogP contribution in [0.4, 0.5) is 4.79 Å². The van der Waals surface area contributed by atoms with Gasteiger partial charge in [-0.1, -0.05) is 0 Å². The molecule has 0 aromatic rings. The zero-order valence-corrected chi connectivity index (χ0v) is 3.22. The molecule has 0 saturated heterocycles. The van der Waals surface area contributed by atoms with E-state index in [1.165, 1.54) is 5.98 Å². The molecule has 0 heterocycles. The number of rotatable bonds is 2. The SMILES string of the molecule is C=C[B]C(=O)O. The fraction of sp³-hybridized carbons (Fsp3) is 0. The molecule has 0 bridgehead atoms. The molecule has 3 heteroatoms. The predicted molar refractivity (Wildman–Crippen MR) is 24.0 cm³/mol. The summed E-state index contributed by atoms with van der Waals surface area (Å²) in [4.78, 5) is 9.47. The maximum Gasteiger partial charge on any atom is 0.289 e. The van der Waals surface area contributed by atoms with Gasteiger partial charge in [-0.05, 0) is 0 Å². The van der Waals surface area contributed by atoms with E-state index in [0.717, 1.165) is 7.28 Å². The van der Waals surface area contributed by atoms with E-state index in [0.29, 0.717) is 0 Å². The second-order valence-corrected chi connectivity index (χ2v) is 0.741. The highest BCUT2D eigenvalue weighted by Crippen LogP contribution is 1.61. The van der Waals surface area contributed by atoms with E-state index in [1.54, 1.807) is 0 Å². The highest BCUT2D eigenvalue weighted by molar-refractivity contribution is 6.75. The van der Waals surface area contributed by atoms with Gasteiger partial charge in [0, 0.05) is 0 Å². The topological polar surface area (TPSA) is 37.3 Å². The van der Waals surface area contributed by atoms with E-state index in [4.69, 9.17) is 5.11 Å². The van der Waals surface area contributed by atoms with Gasteiger partial charge in [-0.2, -0.15) is 0 Å². The second kappa shape index (κ2) is 2.51. The number of hydrogen-bond acceptors (Lipinski definition) is 1. The average molecular weight is 82.9 g/mol. The molecule has 0 saturated carbocycles. The van der Waals surface area contributed by atoms with Crippen LogP contribution in [0.3, 0.4) is 0 Å². The van der Waals surface area contributed by atoms with Gasteiger partial charge in [0.2, 0.25) is 5.87 Å². The maximum absolute atomic E-state index is 9.47. The third-order valence-corrected chi connectivity index (χ3v) is 0.260. The Morgan fingerprint density at radius 1 is 2.00 bits per heavy atom. The van der Waals surface area contributed by atoms with Crippen LogP contribution in [-0.2, 0) is 0 Å². The van der Waals surface area contributed by atoms with Crippen LogP contribution in [-0.4, -0.2) is 18.3 Å². The van der Waals surface area contributed by atoms with Crippen molar-refractivity contribution in [3.8, 4) is 0 Å². The lowest BCUT2D eigenvalue weighted by Gasteiger charge is -1.72. The summed E-state index contributed by atoms with van der Waals surface area (Å²) in [6.45, 7) is 3.16. The molecule has 0 aromatic carbocycles. The van der Waals surface area contributed by atoms with Gasteiger partial charge in [-0.3, -0.25) is 4.79 Å². The minimum atomic E-state index is -0.954. The lowest BCUT2D eigenvalue weighted by atomic mass is 9.80. The van der Waals surface area contributed by atoms with Crippen LogP contribution in [0.15, 0.2) is 12.6 Å². The van der Waals surface area contributed by atoms with Gasteiger partial charge in [0.05, 0.1) is 0 Å². The lowest BCUT2D eigenvalue weighted by molar-refractivity contribution is 0.220. The molecular formula is C3H4BO2. The van der Waals surface area contributed by atoms with E-state index in [2.05, 4.69) is 6.58 Å². The van der Waals surface area contributed by atoms with Crippen LogP contribution in [0.2, 0.25) is 0 Å². The van der Waals surface area contributed by atoms with Crippen molar-refractivity contribution in [1.29, 1.82) is 0 Å². The quantitative estimate of drug-likeness (QED) is 0.494. The number of hydrogen-bond donors (Lipinski definition) is 1. The summed E-state index contributed by atoms with van der Waals surface area (Å²) in [7, 11) is 0.972. The molecule has 0 spiro atoms. The minimum Gasteiger partial charge on any atom is -0.489 e. The molecule has 0 amide bonds. The molecule has 0 aliphatic rings. The number of carboxylic acid groups (broad SMARTS) is 1. The van der Waals surface area contributed by atoms with Crippen molar-refractivity contribution in [2.45, 2.75) is 0 Å². The molecule has 1 N–H and O–H groups in total. The first kappa shape index (κ1) is 5.27. The van der Waals surface area contributed by atoms with E-state index in [-0.39, 0.29) is 0 Å². The minimum absolute atomic E-state index is 0.954. The maximum atomic E-state index is 9.47. The molecule has 1 radical (unpaired) electrons. The van der Waals surface area contributed by atoms with Crippen molar-refractivity contribution in [2.24, 2.45) is 0 Å². The van der Waals surface area contributed by atoms with Gasteiger partial charge >= 0.3 is 0 Å². The van der Waals surface area contributed by atoms with Gasteiger partial charge in [0.25, 0.3) is 7.28 Å². The Hall–Kier alpha value is -0.725. The molecule has 0 fully saturated rings. The fourth-order valence-electron chi connectivity index (χ4n) is 0.101. The van der Waals surface area contributed by atoms with Crippen LogP contribution in [0.5, 0.6) is 0 Å². The second-order valence-electron chi connectivity index (χ2n) is 0.741. The molecule has 0 aromatic heterocycles. The largest absolute Gasteiger partial charge is 0.489 e. The highest BCUT2D eigenvalue weighted by atomic mass is 16.4. The summed E-state index contributed by atoms with van der Waals surface area (Å²) >= 11 is 0. The van der Waals surface area contributed by atoms with Gasteiger partial charge in [0.15, 0.2) is 0 Å². The van der Waals surface area contributed by atoms with E-state index in [9.17, 15) is 4.79 Å². The Morgan fingerprint density at radius 3 is 2.50 bits per heavy atom. The third-order valence-electron chi connectivity index (χ3n) is 0.260. The smallest absolute Gasteiger partial charge is 0.289 e. The molecule has 0 atom stereocenters. The molecule has 0 aliphatic carbocycles. The van der Waals surface area contributed by atoms with Crippen molar-refractivity contribution in [2.75, 3.05) is 0 Å². The summed E-state index contributed by atoms with van der Waals surface area (Å²) in [6, 6.07) is 0. The van der Waals surface area contributed by atoms with Crippen molar-refractivity contribution < 1.29 is 9.90 Å². The normalized spacial score (nSPS) is 6.67. The van der Waals surface area contributed by atoms with Crippen molar-refractivity contribution in [3.05, 3.63) is 12.6 Å². The van der Waals surface area contributed by atoms with Crippen LogP contribution in [0.1, 0.15) is 0 Å². The summed E-state index contributed by atoms with van der Waals surface area (Å²) < 4.78 is 0. The Morgan fingerprint density at radius 2 is 2.50 bits per heavy atom. The van der Waals surface area contributed by atoms with Gasteiger partial charge in [-0.25, -0.2) is 0 Å². The molecular weight excluding hydrogens is 78.8 g/mol. The van der Waals surface area contributed by atoms with Crippen LogP contribution >= 0.6 is 0 Å². The van der Waals surface area contributed by atoms with Crippen LogP contribution in [0, 0.1) is 0 Å². The van der Waals surface area contributed by atoms with Crippen molar-refractivity contribution in [3.63, 3.8) is 0 Å². The summed E-state index contributed by atoms with van der Waals surface area (Å²) in [6.07, 6.45) is 0. The van der Waals surface area contributed by atoms with E-state index in [1.807, 2.05) is 0 Å². The monoisotopic (exact) mass is 83.0 g/mol. The Kier molecular flexibility index (Phi) is 2.21. The fourth-order valence-corrected chi connectivity index (χ4v) is 0.101. The first-order valence-corrected chi connectivity index (χ1v) is 1.46. The van der Waals surface area contributed by atoms with Gasteiger partial charge in [0.1, 0.15) is 0 Å². The van der Waals surface area contributed by atoms with Crippen molar-refractivity contribution in [1.82, 2.24) is 0 Å². The summed E-state index contributed by atoms with van der Waals surface area (Å²) in [5.41, 5.74) is 0. The Balaban J connectivity index is 3.05. The summed E-state index contributed by atoms with van der Waals surface area (Å²) in [5.74, 6) is 0.271. The van der Waals surface area contributed by atoms with Crippen molar-refractivity contribution >= 4 is 13.1 Å². The average Bonchev–Trinajstić information content (AvgIpc) is 1.35. The first-order valence-electron chi connectivity index (χ1n) is 1.46. The Labute approximate surface area is 36.7 Å². The molecule has 0 rings (SSSR count). The standard InChI is InChI=1S/C3H4BO2/c1-2-4-3(5)6/h2H,1H2,(H,5,6). The van der Waals surface area contributed by atoms with E-state index < -0.39 is 5.87 Å². The van der Waals surface area contributed by atoms with Gasteiger partial charge < -0.3 is 5.11 Å².